The molecule has 1 rings (SSSR count). The van der Waals surface area contributed by atoms with Gasteiger partial charge in [-0.1, -0.05) is 13.0 Å². The van der Waals surface area contributed by atoms with Gasteiger partial charge in [-0.2, -0.15) is 0 Å². The second-order valence-corrected chi connectivity index (χ2v) is 4.91. The number of nitrogens with one attached hydrogen (secondary N) is 1. The Hall–Kier alpha value is -0.930. The van der Waals surface area contributed by atoms with Gasteiger partial charge in [0.1, 0.15) is 5.82 Å². The Labute approximate surface area is 110 Å². The molecule has 0 aliphatic heterocycles. The van der Waals surface area contributed by atoms with Gasteiger partial charge in [-0.15, -0.1) is 0 Å². The lowest BCUT2D eigenvalue weighted by Gasteiger charge is -2.13. The number of hydrogen-bond donors (Lipinski definition) is 1. The van der Waals surface area contributed by atoms with E-state index >= 15 is 0 Å². The van der Waals surface area contributed by atoms with E-state index in [2.05, 4.69) is 12.2 Å². The number of halogens is 1. The highest BCUT2D eigenvalue weighted by Gasteiger charge is 2.05. The summed E-state index contributed by atoms with van der Waals surface area (Å²) in [5, 5.41) is 3.36. The molecule has 0 spiro atoms. The highest BCUT2D eigenvalue weighted by Crippen LogP contribution is 2.14. The van der Waals surface area contributed by atoms with E-state index in [4.69, 9.17) is 4.74 Å². The van der Waals surface area contributed by atoms with E-state index in [1.54, 1.807) is 19.2 Å². The van der Waals surface area contributed by atoms with Gasteiger partial charge in [-0.3, -0.25) is 0 Å². The van der Waals surface area contributed by atoms with Gasteiger partial charge in [-0.05, 0) is 55.5 Å². The van der Waals surface area contributed by atoms with E-state index in [1.165, 1.54) is 5.56 Å². The van der Waals surface area contributed by atoms with Gasteiger partial charge in [-0.25, -0.2) is 4.39 Å². The molecule has 0 amide bonds. The van der Waals surface area contributed by atoms with Crippen LogP contribution in [0.2, 0.25) is 0 Å². The first-order chi connectivity index (χ1) is 8.63. The predicted molar refractivity (Wildman–Crippen MR) is 73.4 cm³/mol. The van der Waals surface area contributed by atoms with Gasteiger partial charge in [0.15, 0.2) is 0 Å². The van der Waals surface area contributed by atoms with Crippen LogP contribution in [-0.4, -0.2) is 26.8 Å². The second kappa shape index (κ2) is 8.22. The minimum absolute atomic E-state index is 0.148. The summed E-state index contributed by atoms with van der Waals surface area (Å²) in [5.41, 5.74) is 2.30. The van der Waals surface area contributed by atoms with Crippen LogP contribution in [0.3, 0.4) is 0 Å². The van der Waals surface area contributed by atoms with Gasteiger partial charge in [0.05, 0.1) is 6.61 Å². The minimum atomic E-state index is -0.148. The summed E-state index contributed by atoms with van der Waals surface area (Å²) in [6.07, 6.45) is 2.13. The van der Waals surface area contributed by atoms with Crippen LogP contribution in [0.5, 0.6) is 0 Å². The van der Waals surface area contributed by atoms with Crippen LogP contribution in [0.15, 0.2) is 18.2 Å². The first kappa shape index (κ1) is 15.1. The molecule has 0 aliphatic carbocycles. The van der Waals surface area contributed by atoms with Crippen LogP contribution in [0.25, 0.3) is 0 Å². The molecule has 0 radical (unpaired) electrons. The maximum Gasteiger partial charge on any atom is 0.123 e. The van der Waals surface area contributed by atoms with Gasteiger partial charge in [0.2, 0.25) is 0 Å². The molecule has 0 aliphatic rings. The molecular formula is C15H24FNO. The average molecular weight is 253 g/mol. The Balaban J connectivity index is 2.27. The lowest BCUT2D eigenvalue weighted by Crippen LogP contribution is -2.25. The third-order valence-electron chi connectivity index (χ3n) is 3.19. The maximum absolute atomic E-state index is 13.0. The summed E-state index contributed by atoms with van der Waals surface area (Å²) in [7, 11) is 1.71. The normalized spacial score (nSPS) is 12.7. The average Bonchev–Trinajstić information content (AvgIpc) is 2.33. The molecule has 1 aromatic rings. The molecular weight excluding hydrogens is 229 g/mol. The number of benzene rings is 1. The SMILES string of the molecule is COCCNCC(C)CCc1ccc(F)cc1C. The van der Waals surface area contributed by atoms with Crippen molar-refractivity contribution in [2.24, 2.45) is 5.92 Å². The highest BCUT2D eigenvalue weighted by atomic mass is 19.1. The van der Waals surface area contributed by atoms with Crippen molar-refractivity contribution in [1.29, 1.82) is 0 Å². The van der Waals surface area contributed by atoms with Crippen molar-refractivity contribution in [2.75, 3.05) is 26.8 Å². The van der Waals surface area contributed by atoms with Gasteiger partial charge >= 0.3 is 0 Å². The van der Waals surface area contributed by atoms with Gasteiger partial charge in [0.25, 0.3) is 0 Å². The van der Waals surface area contributed by atoms with Crippen molar-refractivity contribution in [3.8, 4) is 0 Å². The van der Waals surface area contributed by atoms with Crippen LogP contribution in [0.1, 0.15) is 24.5 Å². The summed E-state index contributed by atoms with van der Waals surface area (Å²) in [6, 6.07) is 5.05. The van der Waals surface area contributed by atoms with E-state index in [0.717, 1.165) is 38.1 Å². The summed E-state index contributed by atoms with van der Waals surface area (Å²) in [4.78, 5) is 0. The number of aryl methyl sites for hydroxylation is 2. The van der Waals surface area contributed by atoms with Crippen molar-refractivity contribution < 1.29 is 9.13 Å². The molecule has 3 heteroatoms. The molecule has 1 atom stereocenters. The number of rotatable bonds is 8. The largest absolute Gasteiger partial charge is 0.383 e. The zero-order chi connectivity index (χ0) is 13.4. The van der Waals surface area contributed by atoms with Crippen molar-refractivity contribution in [3.05, 3.63) is 35.1 Å². The van der Waals surface area contributed by atoms with Crippen molar-refractivity contribution >= 4 is 0 Å². The Kier molecular flexibility index (Phi) is 6.91. The Morgan fingerprint density at radius 3 is 2.83 bits per heavy atom. The fraction of sp³-hybridized carbons (Fsp3) is 0.600. The molecule has 0 fully saturated rings. The van der Waals surface area contributed by atoms with Crippen LogP contribution in [0.4, 0.5) is 4.39 Å². The third kappa shape index (κ3) is 5.61. The predicted octanol–water partition coefficient (Wildman–Crippen LogP) is 2.94. The molecule has 102 valence electrons. The van der Waals surface area contributed by atoms with Gasteiger partial charge < -0.3 is 10.1 Å². The molecule has 1 aromatic carbocycles. The summed E-state index contributed by atoms with van der Waals surface area (Å²) in [6.45, 7) is 6.86. The van der Waals surface area contributed by atoms with Crippen LogP contribution < -0.4 is 5.32 Å². The molecule has 0 saturated heterocycles. The van der Waals surface area contributed by atoms with Crippen molar-refractivity contribution in [2.45, 2.75) is 26.7 Å². The van der Waals surface area contributed by atoms with Crippen molar-refractivity contribution in [1.82, 2.24) is 5.32 Å². The summed E-state index contributed by atoms with van der Waals surface area (Å²) in [5.74, 6) is 0.469. The smallest absolute Gasteiger partial charge is 0.123 e. The Bertz CT molecular complexity index is 354. The molecule has 2 nitrogen and oxygen atoms in total. The quantitative estimate of drug-likeness (QED) is 0.719. The first-order valence-corrected chi connectivity index (χ1v) is 6.58. The number of methoxy groups -OCH3 is 1. The lowest BCUT2D eigenvalue weighted by molar-refractivity contribution is 0.198. The lowest BCUT2D eigenvalue weighted by atomic mass is 9.98. The molecule has 18 heavy (non-hydrogen) atoms. The van der Waals surface area contributed by atoms with E-state index in [1.807, 2.05) is 13.0 Å². The summed E-state index contributed by atoms with van der Waals surface area (Å²) >= 11 is 0. The van der Waals surface area contributed by atoms with Crippen LogP contribution in [0, 0.1) is 18.7 Å². The second-order valence-electron chi connectivity index (χ2n) is 4.91. The molecule has 0 bridgehead atoms. The molecule has 0 heterocycles. The highest BCUT2D eigenvalue weighted by molar-refractivity contribution is 5.26. The van der Waals surface area contributed by atoms with Crippen molar-refractivity contribution in [3.63, 3.8) is 0 Å². The van der Waals surface area contributed by atoms with E-state index in [0.29, 0.717) is 5.92 Å². The zero-order valence-corrected chi connectivity index (χ0v) is 11.6. The fourth-order valence-corrected chi connectivity index (χ4v) is 1.97. The number of ether oxygens (including phenoxy) is 1. The zero-order valence-electron chi connectivity index (χ0n) is 11.6. The standard InChI is InChI=1S/C15H24FNO/c1-12(11-17-8-9-18-3)4-5-14-6-7-15(16)10-13(14)2/h6-7,10,12,17H,4-5,8-9,11H2,1-3H3. The topological polar surface area (TPSA) is 21.3 Å². The maximum atomic E-state index is 13.0. The Morgan fingerprint density at radius 2 is 2.17 bits per heavy atom. The molecule has 1 N–H and O–H groups in total. The van der Waals surface area contributed by atoms with Gasteiger partial charge in [0, 0.05) is 13.7 Å². The monoisotopic (exact) mass is 253 g/mol. The minimum Gasteiger partial charge on any atom is -0.383 e. The number of hydrogen-bond acceptors (Lipinski definition) is 2. The van der Waals surface area contributed by atoms with E-state index < -0.39 is 0 Å². The third-order valence-corrected chi connectivity index (χ3v) is 3.19. The molecule has 0 aromatic heterocycles. The van der Waals surface area contributed by atoms with E-state index in [-0.39, 0.29) is 5.82 Å². The molecule has 1 unspecified atom stereocenters. The van der Waals surface area contributed by atoms with Crippen LogP contribution in [-0.2, 0) is 11.2 Å². The first-order valence-electron chi connectivity index (χ1n) is 6.58. The van der Waals surface area contributed by atoms with Crippen LogP contribution >= 0.6 is 0 Å². The van der Waals surface area contributed by atoms with E-state index in [9.17, 15) is 4.39 Å². The molecule has 0 saturated carbocycles. The Morgan fingerprint density at radius 1 is 1.39 bits per heavy atom. The summed E-state index contributed by atoms with van der Waals surface area (Å²) < 4.78 is 17.9. The fourth-order valence-electron chi connectivity index (χ4n) is 1.97.